The van der Waals surface area contributed by atoms with Crippen LogP contribution in [0.3, 0.4) is 0 Å². The Hall–Kier alpha value is -3.05. The fourth-order valence-electron chi connectivity index (χ4n) is 3.31. The summed E-state index contributed by atoms with van der Waals surface area (Å²) in [6, 6.07) is 23.9. The first-order valence-electron chi connectivity index (χ1n) is 9.11. The molecular formula is C23H21N3OS. The summed E-state index contributed by atoms with van der Waals surface area (Å²) >= 11 is 1.65. The molecule has 0 saturated carbocycles. The lowest BCUT2D eigenvalue weighted by molar-refractivity contribution is -0.116. The Kier molecular flexibility index (Phi) is 5.17. The van der Waals surface area contributed by atoms with Crippen molar-refractivity contribution in [2.75, 3.05) is 11.6 Å². The molecule has 140 valence electrons. The molecule has 0 bridgehead atoms. The number of carbonyl (C=O) groups is 1. The predicted octanol–water partition coefficient (Wildman–Crippen LogP) is 5.37. The number of amides is 1. The lowest BCUT2D eigenvalue weighted by Crippen LogP contribution is -2.19. The van der Waals surface area contributed by atoms with Crippen molar-refractivity contribution in [1.82, 2.24) is 9.55 Å². The summed E-state index contributed by atoms with van der Waals surface area (Å²) in [6.45, 7) is 2.26. The molecule has 1 heterocycles. The van der Waals surface area contributed by atoms with Gasteiger partial charge in [0.25, 0.3) is 0 Å². The summed E-state index contributed by atoms with van der Waals surface area (Å²) in [4.78, 5) is 18.8. The first kappa shape index (κ1) is 18.3. The minimum Gasteiger partial charge on any atom is -0.324 e. The SMILES string of the molecule is CSc1cccc(NC(=O)Cn2c(-c3ccccc3C)nc3ccccc32)c1. The molecule has 5 heteroatoms. The molecule has 4 nitrogen and oxygen atoms in total. The fourth-order valence-corrected chi connectivity index (χ4v) is 3.77. The maximum atomic E-state index is 12.8. The maximum absolute atomic E-state index is 12.8. The molecule has 0 unspecified atom stereocenters. The molecule has 28 heavy (non-hydrogen) atoms. The van der Waals surface area contributed by atoms with Crippen molar-refractivity contribution in [3.63, 3.8) is 0 Å². The molecule has 0 atom stereocenters. The van der Waals surface area contributed by atoms with Crippen molar-refractivity contribution in [3.05, 3.63) is 78.4 Å². The number of nitrogens with zero attached hydrogens (tertiary/aromatic N) is 2. The van der Waals surface area contributed by atoms with Crippen LogP contribution < -0.4 is 5.32 Å². The Bertz CT molecular complexity index is 1150. The van der Waals surface area contributed by atoms with E-state index >= 15 is 0 Å². The second-order valence-corrected chi connectivity index (χ2v) is 7.48. The molecule has 0 fully saturated rings. The van der Waals surface area contributed by atoms with Gasteiger partial charge in [-0.1, -0.05) is 42.5 Å². The van der Waals surface area contributed by atoms with Gasteiger partial charge in [-0.15, -0.1) is 11.8 Å². The van der Waals surface area contributed by atoms with Gasteiger partial charge in [-0.2, -0.15) is 0 Å². The first-order chi connectivity index (χ1) is 13.7. The number of nitrogens with one attached hydrogen (secondary N) is 1. The molecule has 1 N–H and O–H groups in total. The van der Waals surface area contributed by atoms with E-state index in [1.165, 1.54) is 0 Å². The third-order valence-corrected chi connectivity index (χ3v) is 5.42. The summed E-state index contributed by atoms with van der Waals surface area (Å²) in [6.07, 6.45) is 2.02. The number of anilines is 1. The highest BCUT2D eigenvalue weighted by Crippen LogP contribution is 2.27. The zero-order chi connectivity index (χ0) is 19.5. The van der Waals surface area contributed by atoms with E-state index in [1.807, 2.05) is 77.6 Å². The first-order valence-corrected chi connectivity index (χ1v) is 10.3. The third-order valence-electron chi connectivity index (χ3n) is 4.70. The van der Waals surface area contributed by atoms with Crippen LogP contribution in [-0.4, -0.2) is 21.7 Å². The van der Waals surface area contributed by atoms with Crippen LogP contribution in [-0.2, 0) is 11.3 Å². The van der Waals surface area contributed by atoms with E-state index in [0.717, 1.165) is 38.6 Å². The van der Waals surface area contributed by atoms with E-state index in [9.17, 15) is 4.79 Å². The molecule has 0 aliphatic heterocycles. The van der Waals surface area contributed by atoms with Gasteiger partial charge in [-0.25, -0.2) is 4.98 Å². The fraction of sp³-hybridized carbons (Fsp3) is 0.130. The number of hydrogen-bond acceptors (Lipinski definition) is 3. The van der Waals surface area contributed by atoms with Crippen LogP contribution in [0, 0.1) is 6.92 Å². The summed E-state index contributed by atoms with van der Waals surface area (Å²) in [7, 11) is 0. The molecule has 0 aliphatic carbocycles. The van der Waals surface area contributed by atoms with Gasteiger partial charge in [-0.3, -0.25) is 4.79 Å². The highest BCUT2D eigenvalue weighted by molar-refractivity contribution is 7.98. The van der Waals surface area contributed by atoms with Gasteiger partial charge in [0.05, 0.1) is 11.0 Å². The van der Waals surface area contributed by atoms with Crippen LogP contribution in [0.15, 0.2) is 77.7 Å². The molecule has 0 spiro atoms. The number of para-hydroxylation sites is 2. The third kappa shape index (κ3) is 3.66. The second-order valence-electron chi connectivity index (χ2n) is 6.61. The summed E-state index contributed by atoms with van der Waals surface area (Å²) in [5.74, 6) is 0.739. The van der Waals surface area contributed by atoms with E-state index in [2.05, 4.69) is 18.3 Å². The summed E-state index contributed by atoms with van der Waals surface area (Å²) in [5, 5.41) is 3.01. The van der Waals surface area contributed by atoms with Gasteiger partial charge in [0.15, 0.2) is 0 Å². The van der Waals surface area contributed by atoms with Gasteiger partial charge >= 0.3 is 0 Å². The van der Waals surface area contributed by atoms with E-state index in [0.29, 0.717) is 0 Å². The van der Waals surface area contributed by atoms with Gasteiger partial charge < -0.3 is 9.88 Å². The van der Waals surface area contributed by atoms with Crippen molar-refractivity contribution in [1.29, 1.82) is 0 Å². The second kappa shape index (κ2) is 7.90. The number of rotatable bonds is 5. The Morgan fingerprint density at radius 3 is 2.64 bits per heavy atom. The van der Waals surface area contributed by atoms with Crippen LogP contribution in [0.2, 0.25) is 0 Å². The van der Waals surface area contributed by atoms with Crippen LogP contribution in [0.1, 0.15) is 5.56 Å². The van der Waals surface area contributed by atoms with Gasteiger partial charge in [-0.05, 0) is 49.1 Å². The van der Waals surface area contributed by atoms with Crippen LogP contribution in [0.5, 0.6) is 0 Å². The molecule has 4 rings (SSSR count). The molecule has 0 saturated heterocycles. The summed E-state index contributed by atoms with van der Waals surface area (Å²) in [5.41, 5.74) is 4.81. The molecule has 4 aromatic rings. The van der Waals surface area contributed by atoms with Crippen molar-refractivity contribution < 1.29 is 4.79 Å². The zero-order valence-corrected chi connectivity index (χ0v) is 16.7. The van der Waals surface area contributed by atoms with Gasteiger partial charge in [0.2, 0.25) is 5.91 Å². The largest absolute Gasteiger partial charge is 0.324 e. The lowest BCUT2D eigenvalue weighted by atomic mass is 10.1. The van der Waals surface area contributed by atoms with E-state index in [-0.39, 0.29) is 12.5 Å². The average Bonchev–Trinajstić information content (AvgIpc) is 3.06. The van der Waals surface area contributed by atoms with Crippen molar-refractivity contribution in [2.45, 2.75) is 18.4 Å². The molecule has 0 aliphatic rings. The predicted molar refractivity (Wildman–Crippen MR) is 117 cm³/mol. The Balaban J connectivity index is 1.70. The highest BCUT2D eigenvalue weighted by Gasteiger charge is 2.16. The van der Waals surface area contributed by atoms with E-state index in [1.54, 1.807) is 11.8 Å². The standard InChI is InChI=1S/C23H21N3OS/c1-16-8-3-4-11-19(16)23-25-20-12-5-6-13-21(20)26(23)15-22(27)24-17-9-7-10-18(14-17)28-2/h3-14H,15H2,1-2H3,(H,24,27). The number of hydrogen-bond donors (Lipinski definition) is 1. The van der Waals surface area contributed by atoms with Crippen LogP contribution >= 0.6 is 11.8 Å². The monoisotopic (exact) mass is 387 g/mol. The number of carbonyl (C=O) groups excluding carboxylic acids is 1. The normalized spacial score (nSPS) is 10.9. The van der Waals surface area contributed by atoms with Crippen molar-refractivity contribution in [3.8, 4) is 11.4 Å². The maximum Gasteiger partial charge on any atom is 0.244 e. The molecular weight excluding hydrogens is 366 g/mol. The molecule has 1 amide bonds. The number of thioether (sulfide) groups is 1. The minimum atomic E-state index is -0.0729. The molecule has 3 aromatic carbocycles. The molecule has 1 aromatic heterocycles. The van der Waals surface area contributed by atoms with E-state index < -0.39 is 0 Å². The van der Waals surface area contributed by atoms with Crippen molar-refractivity contribution >= 4 is 34.4 Å². The van der Waals surface area contributed by atoms with Gasteiger partial charge in [0, 0.05) is 16.1 Å². The number of benzene rings is 3. The topological polar surface area (TPSA) is 46.9 Å². The Labute approximate surface area is 168 Å². The smallest absolute Gasteiger partial charge is 0.244 e. The number of imidazole rings is 1. The number of aryl methyl sites for hydroxylation is 1. The number of aromatic nitrogens is 2. The summed E-state index contributed by atoms with van der Waals surface area (Å²) < 4.78 is 1.99. The Morgan fingerprint density at radius 2 is 1.82 bits per heavy atom. The minimum absolute atomic E-state index is 0.0729. The highest BCUT2D eigenvalue weighted by atomic mass is 32.2. The van der Waals surface area contributed by atoms with Crippen molar-refractivity contribution in [2.24, 2.45) is 0 Å². The van der Waals surface area contributed by atoms with Gasteiger partial charge in [0.1, 0.15) is 12.4 Å². The van der Waals surface area contributed by atoms with E-state index in [4.69, 9.17) is 4.98 Å². The quantitative estimate of drug-likeness (QED) is 0.468. The average molecular weight is 388 g/mol. The van der Waals surface area contributed by atoms with Crippen LogP contribution in [0.4, 0.5) is 5.69 Å². The Morgan fingerprint density at radius 1 is 1.04 bits per heavy atom. The number of fused-ring (bicyclic) bond motifs is 1. The zero-order valence-electron chi connectivity index (χ0n) is 15.8. The lowest BCUT2D eigenvalue weighted by Gasteiger charge is -2.12. The molecule has 0 radical (unpaired) electrons. The van der Waals surface area contributed by atoms with Crippen LogP contribution in [0.25, 0.3) is 22.4 Å².